The van der Waals surface area contributed by atoms with E-state index in [1.807, 2.05) is 25.1 Å². The molecule has 1 fully saturated rings. The van der Waals surface area contributed by atoms with Crippen molar-refractivity contribution in [3.8, 4) is 0 Å². The lowest BCUT2D eigenvalue weighted by atomic mass is 10.1. The highest BCUT2D eigenvalue weighted by molar-refractivity contribution is 5.82. The molecule has 1 saturated heterocycles. The molecule has 1 unspecified atom stereocenters. The number of fused-ring (bicyclic) bond motifs is 1. The maximum atomic E-state index is 10.2. The zero-order chi connectivity index (χ0) is 19.0. The van der Waals surface area contributed by atoms with Crippen molar-refractivity contribution < 1.29 is 20.1 Å². The molecule has 0 saturated carbocycles. The summed E-state index contributed by atoms with van der Waals surface area (Å²) in [5.74, 6) is 0.562. The minimum absolute atomic E-state index is 0.389. The Morgan fingerprint density at radius 3 is 2.78 bits per heavy atom. The maximum absolute atomic E-state index is 10.2. The predicted molar refractivity (Wildman–Crippen MR) is 96.8 cm³/mol. The molecule has 142 valence electrons. The average Bonchev–Trinajstić information content (AvgIpc) is 3.22. The molecule has 1 aromatic carbocycles. The summed E-state index contributed by atoms with van der Waals surface area (Å²) in [6, 6.07) is 8.15. The molecule has 0 aliphatic carbocycles. The van der Waals surface area contributed by atoms with Crippen LogP contribution in [0.4, 0.5) is 5.82 Å². The van der Waals surface area contributed by atoms with Crippen LogP contribution in [-0.2, 0) is 11.3 Å². The molecule has 9 nitrogen and oxygen atoms in total. The first kappa shape index (κ1) is 17.8. The Morgan fingerprint density at radius 2 is 2.04 bits per heavy atom. The molecular weight excluding hydrogens is 350 g/mol. The van der Waals surface area contributed by atoms with Crippen LogP contribution in [-0.4, -0.2) is 59.8 Å². The highest BCUT2D eigenvalue weighted by Crippen LogP contribution is 2.32. The summed E-state index contributed by atoms with van der Waals surface area (Å²) in [5, 5.41) is 32.7. The molecule has 27 heavy (non-hydrogen) atoms. The number of anilines is 1. The number of aryl methyl sites for hydroxylation is 1. The molecular formula is C18H21N5O4. The minimum Gasteiger partial charge on any atom is -0.394 e. The third kappa shape index (κ3) is 3.26. The lowest BCUT2D eigenvalue weighted by Gasteiger charge is -2.16. The third-order valence-electron chi connectivity index (χ3n) is 4.69. The Kier molecular flexibility index (Phi) is 4.75. The van der Waals surface area contributed by atoms with Crippen molar-refractivity contribution in [2.45, 2.75) is 38.0 Å². The van der Waals surface area contributed by atoms with Gasteiger partial charge in [0.1, 0.15) is 24.6 Å². The van der Waals surface area contributed by atoms with Crippen molar-refractivity contribution in [1.29, 1.82) is 0 Å². The number of nitrogens with zero attached hydrogens (tertiary/aromatic N) is 4. The van der Waals surface area contributed by atoms with Crippen LogP contribution in [0.1, 0.15) is 17.4 Å². The second-order valence-corrected chi connectivity index (χ2v) is 6.62. The number of hydrogen-bond acceptors (Lipinski definition) is 8. The molecule has 3 heterocycles. The van der Waals surface area contributed by atoms with E-state index in [-0.39, 0.29) is 6.61 Å². The molecule has 4 atom stereocenters. The van der Waals surface area contributed by atoms with Crippen LogP contribution in [0.2, 0.25) is 0 Å². The van der Waals surface area contributed by atoms with Crippen molar-refractivity contribution in [3.63, 3.8) is 0 Å². The number of benzene rings is 1. The fourth-order valence-corrected chi connectivity index (χ4v) is 3.29. The lowest BCUT2D eigenvalue weighted by Crippen LogP contribution is -2.33. The van der Waals surface area contributed by atoms with Crippen LogP contribution in [0, 0.1) is 6.92 Å². The number of hydrogen-bond donors (Lipinski definition) is 4. The van der Waals surface area contributed by atoms with Crippen molar-refractivity contribution >= 4 is 17.0 Å². The first-order valence-corrected chi connectivity index (χ1v) is 8.68. The number of aromatic nitrogens is 4. The summed E-state index contributed by atoms with van der Waals surface area (Å²) in [4.78, 5) is 12.8. The van der Waals surface area contributed by atoms with Gasteiger partial charge in [0.25, 0.3) is 0 Å². The molecule has 4 rings (SSSR count). The first-order valence-electron chi connectivity index (χ1n) is 8.68. The van der Waals surface area contributed by atoms with E-state index in [1.54, 1.807) is 4.57 Å². The quantitative estimate of drug-likeness (QED) is 0.507. The van der Waals surface area contributed by atoms with Crippen LogP contribution in [0.5, 0.6) is 0 Å². The predicted octanol–water partition coefficient (Wildman–Crippen LogP) is 0.358. The smallest absolute Gasteiger partial charge is 0.167 e. The Balaban J connectivity index is 1.60. The van der Waals surface area contributed by atoms with Crippen molar-refractivity contribution in [1.82, 2.24) is 19.5 Å². The summed E-state index contributed by atoms with van der Waals surface area (Å²) in [6.45, 7) is 2.23. The average molecular weight is 371 g/mol. The SMILES string of the molecule is Cc1cccc(CNc2ncnc3c2ncn3C2O[C@H](CO)[C@@H](O)[C@@H]2O)c1. The minimum atomic E-state index is -1.20. The molecule has 4 N–H and O–H groups in total. The van der Waals surface area contributed by atoms with Gasteiger partial charge in [-0.3, -0.25) is 4.57 Å². The maximum Gasteiger partial charge on any atom is 0.167 e. The zero-order valence-corrected chi connectivity index (χ0v) is 14.7. The van der Waals surface area contributed by atoms with Gasteiger partial charge in [-0.25, -0.2) is 15.0 Å². The number of aliphatic hydroxyl groups is 3. The van der Waals surface area contributed by atoms with Gasteiger partial charge in [0, 0.05) is 6.54 Å². The summed E-state index contributed by atoms with van der Waals surface area (Å²) >= 11 is 0. The van der Waals surface area contributed by atoms with Gasteiger partial charge in [-0.15, -0.1) is 0 Å². The van der Waals surface area contributed by atoms with Crippen LogP contribution >= 0.6 is 0 Å². The Morgan fingerprint density at radius 1 is 1.19 bits per heavy atom. The van der Waals surface area contributed by atoms with Gasteiger partial charge in [0.2, 0.25) is 0 Å². The number of rotatable bonds is 5. The van der Waals surface area contributed by atoms with Crippen LogP contribution < -0.4 is 5.32 Å². The van der Waals surface area contributed by atoms with Gasteiger partial charge < -0.3 is 25.4 Å². The lowest BCUT2D eigenvalue weighted by molar-refractivity contribution is -0.0511. The van der Waals surface area contributed by atoms with Gasteiger partial charge in [-0.1, -0.05) is 29.8 Å². The summed E-state index contributed by atoms with van der Waals surface area (Å²) in [6.07, 6.45) is -1.24. The van der Waals surface area contributed by atoms with E-state index in [0.29, 0.717) is 23.5 Å². The molecule has 1 aliphatic heterocycles. The van der Waals surface area contributed by atoms with E-state index in [1.165, 1.54) is 18.2 Å². The van der Waals surface area contributed by atoms with Crippen LogP contribution in [0.25, 0.3) is 11.2 Å². The molecule has 2 aromatic heterocycles. The van der Waals surface area contributed by atoms with E-state index in [0.717, 1.165) is 5.56 Å². The molecule has 9 heteroatoms. The summed E-state index contributed by atoms with van der Waals surface area (Å²) in [5.41, 5.74) is 3.29. The van der Waals surface area contributed by atoms with E-state index < -0.39 is 24.5 Å². The molecule has 0 amide bonds. The molecule has 0 spiro atoms. The number of ether oxygens (including phenoxy) is 1. The molecule has 3 aromatic rings. The largest absolute Gasteiger partial charge is 0.394 e. The van der Waals surface area contributed by atoms with Gasteiger partial charge in [-0.05, 0) is 12.5 Å². The zero-order valence-electron chi connectivity index (χ0n) is 14.7. The number of imidazole rings is 1. The van der Waals surface area contributed by atoms with Gasteiger partial charge in [-0.2, -0.15) is 0 Å². The second-order valence-electron chi connectivity index (χ2n) is 6.62. The Labute approximate surface area is 155 Å². The van der Waals surface area contributed by atoms with Gasteiger partial charge >= 0.3 is 0 Å². The highest BCUT2D eigenvalue weighted by atomic mass is 16.6. The van der Waals surface area contributed by atoms with Crippen molar-refractivity contribution in [2.75, 3.05) is 11.9 Å². The standard InChI is InChI=1S/C18H21N5O4/c1-10-3-2-4-11(5-10)6-19-16-13-17(21-8-20-16)23(9-22-13)18-15(26)14(25)12(7-24)27-18/h2-5,8-9,12,14-15,18,24-26H,6-7H2,1H3,(H,19,20,21)/t12-,14-,15+,18?/m1/s1. The molecule has 1 aliphatic rings. The van der Waals surface area contributed by atoms with Crippen LogP contribution in [0.3, 0.4) is 0 Å². The topological polar surface area (TPSA) is 126 Å². The fraction of sp³-hybridized carbons (Fsp3) is 0.389. The monoisotopic (exact) mass is 371 g/mol. The van der Waals surface area contributed by atoms with E-state index in [9.17, 15) is 15.3 Å². The Hall–Kier alpha value is -2.59. The van der Waals surface area contributed by atoms with Crippen LogP contribution in [0.15, 0.2) is 36.9 Å². The number of nitrogens with one attached hydrogen (secondary N) is 1. The van der Waals surface area contributed by atoms with Crippen molar-refractivity contribution in [2.24, 2.45) is 0 Å². The van der Waals surface area contributed by atoms with E-state index in [2.05, 4.69) is 26.3 Å². The van der Waals surface area contributed by atoms with Gasteiger partial charge in [0.05, 0.1) is 12.9 Å². The summed E-state index contributed by atoms with van der Waals surface area (Å²) < 4.78 is 7.10. The fourth-order valence-electron chi connectivity index (χ4n) is 3.29. The van der Waals surface area contributed by atoms with E-state index in [4.69, 9.17) is 4.74 Å². The van der Waals surface area contributed by atoms with E-state index >= 15 is 0 Å². The Bertz CT molecular complexity index is 946. The second kappa shape index (κ2) is 7.20. The highest BCUT2D eigenvalue weighted by Gasteiger charge is 2.44. The summed E-state index contributed by atoms with van der Waals surface area (Å²) in [7, 11) is 0. The molecule has 0 radical (unpaired) electrons. The number of aliphatic hydroxyl groups excluding tert-OH is 3. The molecule has 0 bridgehead atoms. The van der Waals surface area contributed by atoms with Crippen molar-refractivity contribution in [3.05, 3.63) is 48.0 Å². The normalized spacial score (nSPS) is 25.2. The first-order chi connectivity index (χ1) is 13.1. The third-order valence-corrected chi connectivity index (χ3v) is 4.69. The van der Waals surface area contributed by atoms with Gasteiger partial charge in [0.15, 0.2) is 23.2 Å².